The lowest BCUT2D eigenvalue weighted by atomic mass is 9.82. The number of carbonyl (C=O) groups excluding carboxylic acids is 5. The van der Waals surface area contributed by atoms with Crippen LogP contribution in [0.25, 0.3) is 0 Å². The molecule has 4 amide bonds. The number of nitrogens with zero attached hydrogens (tertiary/aromatic N) is 2. The Balaban J connectivity index is 1.05. The number of benzene rings is 1. The Hall–Kier alpha value is -3.48. The Kier molecular flexibility index (Phi) is 23.0. The zero-order valence-electron chi connectivity index (χ0n) is 46.1. The molecule has 5 aliphatic rings. The number of anilines is 1. The zero-order valence-corrected chi connectivity index (χ0v) is 48.5. The lowest BCUT2D eigenvalue weighted by Gasteiger charge is -2.42. The van der Waals surface area contributed by atoms with Crippen molar-refractivity contribution in [1.29, 1.82) is 0 Å². The van der Waals surface area contributed by atoms with Gasteiger partial charge in [0.05, 0.1) is 25.3 Å². The molecule has 3 heterocycles. The fourth-order valence-electron chi connectivity index (χ4n) is 11.5. The molecule has 75 heavy (non-hydrogen) atoms. The van der Waals surface area contributed by atoms with E-state index in [2.05, 4.69) is 17.6 Å². The Morgan fingerprint density at radius 1 is 0.987 bits per heavy atom. The van der Waals surface area contributed by atoms with Gasteiger partial charge in [0.2, 0.25) is 17.7 Å². The zero-order chi connectivity index (χ0) is 54.5. The van der Waals surface area contributed by atoms with E-state index in [4.69, 9.17) is 35.3 Å². The van der Waals surface area contributed by atoms with E-state index in [1.165, 1.54) is 101 Å². The Morgan fingerprint density at radius 3 is 2.37 bits per heavy atom. The van der Waals surface area contributed by atoms with Crippen LogP contribution in [-0.4, -0.2) is 127 Å². The van der Waals surface area contributed by atoms with Gasteiger partial charge in [-0.3, -0.25) is 19.7 Å². The third kappa shape index (κ3) is 17.0. The molecule has 2 aliphatic carbocycles. The van der Waals surface area contributed by atoms with Gasteiger partial charge in [0.1, 0.15) is 40.7 Å². The summed E-state index contributed by atoms with van der Waals surface area (Å²) < 4.78 is 29.6. The predicted octanol–water partition coefficient (Wildman–Crippen LogP) is 10.7. The van der Waals surface area contributed by atoms with Crippen LogP contribution in [0.2, 0.25) is 5.02 Å². The van der Waals surface area contributed by atoms with Crippen LogP contribution in [0.4, 0.5) is 10.5 Å². The van der Waals surface area contributed by atoms with Gasteiger partial charge in [0, 0.05) is 63.4 Å². The maximum atomic E-state index is 14.4. The summed E-state index contributed by atoms with van der Waals surface area (Å²) >= 11 is 6.85. The van der Waals surface area contributed by atoms with Crippen molar-refractivity contribution >= 4 is 68.7 Å². The van der Waals surface area contributed by atoms with Gasteiger partial charge < -0.3 is 43.9 Å². The van der Waals surface area contributed by atoms with Crippen molar-refractivity contribution < 1.29 is 52.8 Å². The van der Waals surface area contributed by atoms with E-state index in [0.717, 1.165) is 42.2 Å². The van der Waals surface area contributed by atoms with Crippen molar-refractivity contribution in [3.8, 4) is 5.75 Å². The minimum absolute atomic E-state index is 0.0601. The van der Waals surface area contributed by atoms with Gasteiger partial charge in [0.15, 0.2) is 5.72 Å². The number of nitrogens with one attached hydrogen (secondary N) is 2. The molecule has 0 aromatic heterocycles. The third-order valence-corrected chi connectivity index (χ3v) is 19.9. The van der Waals surface area contributed by atoms with Gasteiger partial charge in [-0.1, -0.05) is 141 Å². The van der Waals surface area contributed by atoms with Gasteiger partial charge in [-0.05, 0) is 82.4 Å². The van der Waals surface area contributed by atoms with E-state index in [0.29, 0.717) is 30.0 Å². The quantitative estimate of drug-likeness (QED) is 0.0692. The van der Waals surface area contributed by atoms with Gasteiger partial charge in [0.25, 0.3) is 0 Å². The number of carbonyl (C=O) groups is 5. The number of amides is 4. The summed E-state index contributed by atoms with van der Waals surface area (Å²) in [6, 6.07) is 2.84. The van der Waals surface area contributed by atoms with Gasteiger partial charge in [-0.25, -0.2) is 9.59 Å². The maximum Gasteiger partial charge on any atom is 0.409 e. The Morgan fingerprint density at radius 2 is 1.67 bits per heavy atom. The first kappa shape index (κ1) is 60.7. The van der Waals surface area contributed by atoms with Crippen molar-refractivity contribution in [2.75, 3.05) is 39.0 Å². The number of ether oxygens (including phenoxy) is 5. The number of esters is 1. The molecule has 6 rings (SSSR count). The molecule has 2 saturated heterocycles. The average Bonchev–Trinajstić information content (AvgIpc) is 4.09. The highest BCUT2D eigenvalue weighted by Gasteiger charge is 2.64. The van der Waals surface area contributed by atoms with Crippen molar-refractivity contribution in [2.24, 2.45) is 17.8 Å². The minimum Gasteiger partial charge on any atom is -0.495 e. The summed E-state index contributed by atoms with van der Waals surface area (Å²) in [6.07, 6.45) is 20.3. The van der Waals surface area contributed by atoms with E-state index in [1.807, 2.05) is 26.0 Å². The largest absolute Gasteiger partial charge is 0.495 e. The number of hydrogen-bond donors (Lipinski definition) is 3. The monoisotopic (exact) mass is 1100 g/mol. The molecule has 3 N–H and O–H groups in total. The highest BCUT2D eigenvalue weighted by atomic mass is 35.5. The molecule has 1 aromatic rings. The molecule has 0 spiro atoms. The van der Waals surface area contributed by atoms with Crippen LogP contribution < -0.4 is 20.3 Å². The predicted molar refractivity (Wildman–Crippen MR) is 298 cm³/mol. The number of rotatable bonds is 14. The fourth-order valence-corrected chi connectivity index (χ4v) is 14.1. The second kappa shape index (κ2) is 28.4. The van der Waals surface area contributed by atoms with Crippen LogP contribution in [-0.2, 0) is 44.5 Å². The second-order valence-corrected chi connectivity index (χ2v) is 25.7. The number of epoxide rings is 1. The molecule has 4 unspecified atom stereocenters. The fraction of sp³-hybridized carbons (Fsp3) is 0.737. The van der Waals surface area contributed by atoms with E-state index in [1.54, 1.807) is 67.7 Å². The number of hydrogen-bond acceptors (Lipinski definition) is 13. The maximum absolute atomic E-state index is 14.4. The van der Waals surface area contributed by atoms with Crippen LogP contribution in [0.5, 0.6) is 5.75 Å². The highest BCUT2D eigenvalue weighted by Crippen LogP contribution is 2.49. The number of allylic oxidation sites excluding steroid dienone is 3. The summed E-state index contributed by atoms with van der Waals surface area (Å²) in [5.41, 5.74) is -0.969. The summed E-state index contributed by atoms with van der Waals surface area (Å²) in [6.45, 7) is 9.18. The van der Waals surface area contributed by atoms with Crippen LogP contribution in [0.3, 0.4) is 0 Å². The van der Waals surface area contributed by atoms with Crippen LogP contribution in [0, 0.1) is 17.8 Å². The number of fused-ring (bicyclic) bond motifs is 8. The Labute approximate surface area is 459 Å². The second-order valence-electron chi connectivity index (χ2n) is 22.3. The van der Waals surface area contributed by atoms with E-state index in [9.17, 15) is 29.1 Å². The third-order valence-electron chi connectivity index (χ3n) is 16.6. The van der Waals surface area contributed by atoms with Gasteiger partial charge >= 0.3 is 12.1 Å². The molecule has 4 fully saturated rings. The number of halogens is 1. The number of likely N-dealkylation sites (N-methyl/N-ethyl adjacent to an activating group) is 1. The van der Waals surface area contributed by atoms with Gasteiger partial charge in [-0.2, -0.15) is 0 Å². The molecule has 420 valence electrons. The summed E-state index contributed by atoms with van der Waals surface area (Å²) in [5.74, 6) is 0.665. The first-order valence-electron chi connectivity index (χ1n) is 27.7. The smallest absolute Gasteiger partial charge is 0.409 e. The standard InChI is InChI=1S/C57H87ClN4O11S2/c1-36-17-15-22-47(70-9)57(68)35-46(71-55(67)60-57)38(3)53-56(5,73-53)48(34-51(65)62(7)44-32-42(31-36)33-45(69-8)52(44)58)72-54(66)39(4)61(6)50(64)29-30-74-75-37(2)23-28-49(63)59-43-21-16-20-40-18-13-11-10-12-14-19-41(25-24-40)26-27-43/h15,17,22,32-33,37-41,43,46-48,53,68H,10-14,16,18-21,23-31,34-35H2,1-9H3,(H,59,63)(H,60,67)/b22-15+,36-17+/t37?,38-,39+,40?,41?,43?,46+,47-,48+,53+,56+,57+/m1/s1. The van der Waals surface area contributed by atoms with E-state index < -0.39 is 65.7 Å². The topological polar surface area (TPSA) is 186 Å². The van der Waals surface area contributed by atoms with Crippen molar-refractivity contribution in [3.05, 3.63) is 46.5 Å². The van der Waals surface area contributed by atoms with Crippen LogP contribution in [0.15, 0.2) is 35.9 Å². The van der Waals surface area contributed by atoms with Crippen LogP contribution >= 0.6 is 33.2 Å². The van der Waals surface area contributed by atoms with Crippen LogP contribution in [0.1, 0.15) is 162 Å². The van der Waals surface area contributed by atoms with Crippen molar-refractivity contribution in [3.63, 3.8) is 0 Å². The summed E-state index contributed by atoms with van der Waals surface area (Å²) in [4.78, 5) is 71.2. The minimum atomic E-state index is -1.84. The molecule has 3 aliphatic heterocycles. The summed E-state index contributed by atoms with van der Waals surface area (Å²) in [7, 11) is 9.33. The lowest BCUT2D eigenvalue weighted by molar-refractivity contribution is -0.162. The molecule has 12 atom stereocenters. The van der Waals surface area contributed by atoms with E-state index >= 15 is 0 Å². The van der Waals surface area contributed by atoms with Crippen molar-refractivity contribution in [2.45, 2.75) is 216 Å². The SMILES string of the molecule is COc1cc2cc(c1Cl)N(C)C(=O)C[C@H](OC(=O)[C@H](C)N(C)C(=O)CCSSC(C)CCC(=O)NC1CCCC3CCCCCCCC(CC3)CC1)[C@]1(C)O[C@H]1[C@H](C)[C@@H]1C[C@@](O)(NC(=O)O1)[C@H](OC)/C=C/C=C(\C)C2. The molecule has 0 radical (unpaired) electrons. The number of alkyl carbamates (subject to hydrolysis) is 1. The normalized spacial score (nSPS) is 32.1. The molecule has 1 aromatic carbocycles. The Bertz CT molecular complexity index is 2180. The summed E-state index contributed by atoms with van der Waals surface area (Å²) in [5, 5.41) is 18.3. The van der Waals surface area contributed by atoms with Gasteiger partial charge in [-0.15, -0.1) is 0 Å². The lowest BCUT2D eigenvalue weighted by Crippen LogP contribution is -2.63. The first-order chi connectivity index (χ1) is 35.7. The molecule has 2 saturated carbocycles. The highest BCUT2D eigenvalue weighted by molar-refractivity contribution is 8.76. The first-order valence-corrected chi connectivity index (χ1v) is 30.4. The number of aliphatic hydroxyl groups is 1. The molecule has 15 nitrogen and oxygen atoms in total. The molecule has 6 bridgehead atoms. The molecular formula is C57H87ClN4O11S2. The van der Waals surface area contributed by atoms with Crippen molar-refractivity contribution in [1.82, 2.24) is 15.5 Å². The number of methoxy groups -OCH3 is 2. The average molecular weight is 1100 g/mol. The van der Waals surface area contributed by atoms with E-state index in [-0.39, 0.29) is 47.4 Å². The molecule has 18 heteroatoms. The molecular weight excluding hydrogens is 1020 g/mol.